The van der Waals surface area contributed by atoms with E-state index in [1.807, 2.05) is 12.1 Å². The first kappa shape index (κ1) is 22.1. The van der Waals surface area contributed by atoms with Gasteiger partial charge in [0.15, 0.2) is 5.78 Å². The third-order valence-corrected chi connectivity index (χ3v) is 6.08. The molecule has 31 heavy (non-hydrogen) atoms. The molecule has 1 atom stereocenters. The van der Waals surface area contributed by atoms with Crippen LogP contribution in [-0.4, -0.2) is 56.3 Å². The number of halogens is 2. The first-order valence-electron chi connectivity index (χ1n) is 10.7. The predicted octanol–water partition coefficient (Wildman–Crippen LogP) is 3.48. The van der Waals surface area contributed by atoms with Crippen LogP contribution in [0, 0.1) is 11.7 Å². The van der Waals surface area contributed by atoms with Crippen molar-refractivity contribution in [1.82, 2.24) is 10.3 Å². The fraction of sp³-hybridized carbons (Fsp3) is 0.478. The third-order valence-electron chi connectivity index (χ3n) is 5.75. The number of morpholine rings is 1. The van der Waals surface area contributed by atoms with Gasteiger partial charge in [-0.2, -0.15) is 0 Å². The Morgan fingerprint density at radius 1 is 1.23 bits per heavy atom. The second-order valence-electron chi connectivity index (χ2n) is 7.99. The SMILES string of the molecule is O=C(Cc1cc(-c2cc(NCC3CCOCC3)ccc2Cl)c(F)cn1)[C@H]1CNCCO1. The maximum Gasteiger partial charge on any atom is 0.168 e. The van der Waals surface area contributed by atoms with Crippen molar-refractivity contribution in [2.75, 3.05) is 44.8 Å². The summed E-state index contributed by atoms with van der Waals surface area (Å²) in [7, 11) is 0. The highest BCUT2D eigenvalue weighted by atomic mass is 35.5. The van der Waals surface area contributed by atoms with E-state index in [9.17, 15) is 9.18 Å². The van der Waals surface area contributed by atoms with E-state index in [0.29, 0.717) is 40.9 Å². The van der Waals surface area contributed by atoms with Crippen molar-refractivity contribution in [1.29, 1.82) is 0 Å². The molecule has 3 heterocycles. The van der Waals surface area contributed by atoms with Gasteiger partial charge in [0, 0.05) is 60.4 Å². The van der Waals surface area contributed by atoms with Gasteiger partial charge in [-0.3, -0.25) is 9.78 Å². The van der Waals surface area contributed by atoms with E-state index in [2.05, 4.69) is 15.6 Å². The molecule has 4 rings (SSSR count). The van der Waals surface area contributed by atoms with Crippen molar-refractivity contribution in [2.45, 2.75) is 25.4 Å². The Bertz CT molecular complexity index is 915. The van der Waals surface area contributed by atoms with Gasteiger partial charge in [-0.1, -0.05) is 11.6 Å². The van der Waals surface area contributed by atoms with Gasteiger partial charge in [0.05, 0.1) is 19.2 Å². The molecule has 2 aromatic rings. The second kappa shape index (κ2) is 10.5. The van der Waals surface area contributed by atoms with Crippen molar-refractivity contribution >= 4 is 23.1 Å². The molecule has 166 valence electrons. The summed E-state index contributed by atoms with van der Waals surface area (Å²) in [5.41, 5.74) is 2.27. The van der Waals surface area contributed by atoms with Gasteiger partial charge in [0.25, 0.3) is 0 Å². The quantitative estimate of drug-likeness (QED) is 0.677. The molecular formula is C23H27ClFN3O3. The number of aromatic nitrogens is 1. The lowest BCUT2D eigenvalue weighted by Gasteiger charge is -2.23. The summed E-state index contributed by atoms with van der Waals surface area (Å²) in [6.45, 7) is 4.15. The molecule has 1 aromatic carbocycles. The summed E-state index contributed by atoms with van der Waals surface area (Å²) in [5, 5.41) is 7.01. The molecule has 2 N–H and O–H groups in total. The summed E-state index contributed by atoms with van der Waals surface area (Å²) < 4.78 is 25.6. The molecule has 0 saturated carbocycles. The molecule has 0 aliphatic carbocycles. The molecule has 2 saturated heterocycles. The lowest BCUT2D eigenvalue weighted by molar-refractivity contribution is -0.131. The normalized spacial score (nSPS) is 19.9. The molecular weight excluding hydrogens is 421 g/mol. The van der Waals surface area contributed by atoms with Crippen LogP contribution >= 0.6 is 11.6 Å². The lowest BCUT2D eigenvalue weighted by Crippen LogP contribution is -2.43. The molecule has 0 unspecified atom stereocenters. The minimum Gasteiger partial charge on any atom is -0.385 e. The summed E-state index contributed by atoms with van der Waals surface area (Å²) in [6, 6.07) is 7.10. The van der Waals surface area contributed by atoms with Crippen LogP contribution in [0.15, 0.2) is 30.5 Å². The van der Waals surface area contributed by atoms with Crippen molar-refractivity contribution in [2.24, 2.45) is 5.92 Å². The van der Waals surface area contributed by atoms with Crippen molar-refractivity contribution in [3.8, 4) is 11.1 Å². The van der Waals surface area contributed by atoms with Crippen LogP contribution in [0.25, 0.3) is 11.1 Å². The number of ketones is 1. The average molecular weight is 448 g/mol. The molecule has 2 aliphatic heterocycles. The van der Waals surface area contributed by atoms with Gasteiger partial charge >= 0.3 is 0 Å². The van der Waals surface area contributed by atoms with E-state index in [0.717, 1.165) is 51.0 Å². The molecule has 0 radical (unpaired) electrons. The molecule has 2 fully saturated rings. The minimum absolute atomic E-state index is 0.0739. The first-order chi connectivity index (χ1) is 15.1. The Morgan fingerprint density at radius 3 is 2.84 bits per heavy atom. The number of ether oxygens (including phenoxy) is 2. The number of rotatable bonds is 7. The lowest BCUT2D eigenvalue weighted by atomic mass is 9.99. The van der Waals surface area contributed by atoms with Crippen LogP contribution < -0.4 is 10.6 Å². The smallest absolute Gasteiger partial charge is 0.168 e. The predicted molar refractivity (Wildman–Crippen MR) is 118 cm³/mol. The van der Waals surface area contributed by atoms with Gasteiger partial charge in [-0.25, -0.2) is 4.39 Å². The molecule has 1 aromatic heterocycles. The second-order valence-corrected chi connectivity index (χ2v) is 8.40. The Hall–Kier alpha value is -2.06. The number of hydrogen-bond acceptors (Lipinski definition) is 6. The van der Waals surface area contributed by atoms with Crippen LogP contribution in [0.5, 0.6) is 0 Å². The zero-order valence-electron chi connectivity index (χ0n) is 17.3. The van der Waals surface area contributed by atoms with E-state index < -0.39 is 11.9 Å². The zero-order valence-corrected chi connectivity index (χ0v) is 18.1. The summed E-state index contributed by atoms with van der Waals surface area (Å²) in [5.74, 6) is 0.00476. The summed E-state index contributed by atoms with van der Waals surface area (Å²) in [4.78, 5) is 16.6. The molecule has 6 nitrogen and oxygen atoms in total. The van der Waals surface area contributed by atoms with E-state index in [1.165, 1.54) is 0 Å². The highest BCUT2D eigenvalue weighted by Crippen LogP contribution is 2.33. The van der Waals surface area contributed by atoms with E-state index >= 15 is 0 Å². The van der Waals surface area contributed by atoms with Crippen LogP contribution in [0.3, 0.4) is 0 Å². The maximum atomic E-state index is 14.7. The van der Waals surface area contributed by atoms with Crippen molar-refractivity contribution in [3.63, 3.8) is 0 Å². The van der Waals surface area contributed by atoms with Crippen LogP contribution in [-0.2, 0) is 20.7 Å². The van der Waals surface area contributed by atoms with E-state index in [1.54, 1.807) is 12.1 Å². The topological polar surface area (TPSA) is 72.5 Å². The number of anilines is 1. The van der Waals surface area contributed by atoms with Crippen molar-refractivity contribution < 1.29 is 18.7 Å². The highest BCUT2D eigenvalue weighted by molar-refractivity contribution is 6.33. The summed E-state index contributed by atoms with van der Waals surface area (Å²) in [6.07, 6.45) is 2.80. The number of Topliss-reactive ketones (excluding diaryl/α,β-unsaturated/α-hetero) is 1. The van der Waals surface area contributed by atoms with Gasteiger partial charge < -0.3 is 20.1 Å². The highest BCUT2D eigenvalue weighted by Gasteiger charge is 2.23. The number of nitrogens with zero attached hydrogens (tertiary/aromatic N) is 1. The Kier molecular flexibility index (Phi) is 7.50. The average Bonchev–Trinajstić information content (AvgIpc) is 2.81. The van der Waals surface area contributed by atoms with Crippen molar-refractivity contribution in [3.05, 3.63) is 47.0 Å². The molecule has 0 bridgehead atoms. The maximum absolute atomic E-state index is 14.7. The van der Waals surface area contributed by atoms with Gasteiger partial charge in [0.2, 0.25) is 0 Å². The molecule has 0 amide bonds. The molecule has 0 spiro atoms. The number of pyridine rings is 1. The summed E-state index contributed by atoms with van der Waals surface area (Å²) >= 11 is 6.40. The van der Waals surface area contributed by atoms with Crippen LogP contribution in [0.2, 0.25) is 5.02 Å². The number of nitrogens with one attached hydrogen (secondary N) is 2. The fourth-order valence-corrected chi connectivity index (χ4v) is 4.12. The number of benzene rings is 1. The van der Waals surface area contributed by atoms with Crippen LogP contribution in [0.1, 0.15) is 18.5 Å². The fourth-order valence-electron chi connectivity index (χ4n) is 3.90. The monoisotopic (exact) mass is 447 g/mol. The van der Waals surface area contributed by atoms with Gasteiger partial charge in [0.1, 0.15) is 11.9 Å². The van der Waals surface area contributed by atoms with Gasteiger partial charge in [-0.15, -0.1) is 0 Å². The largest absolute Gasteiger partial charge is 0.385 e. The number of hydrogen-bond donors (Lipinski definition) is 2. The Balaban J connectivity index is 1.49. The Labute approximate surface area is 186 Å². The minimum atomic E-state index is -0.495. The number of carbonyl (C=O) groups is 1. The Morgan fingerprint density at radius 2 is 2.06 bits per heavy atom. The zero-order chi connectivity index (χ0) is 21.6. The standard InChI is InChI=1S/C23H27ClFN3O3/c24-20-2-1-16(27-12-15-3-6-30-7-4-15)9-18(20)19-10-17(28-13-21(19)25)11-22(29)23-14-26-5-8-31-23/h1-2,9-10,13,15,23,26-27H,3-8,11-12,14H2/t23-/m1/s1. The number of carbonyl (C=O) groups excluding carboxylic acids is 1. The van der Waals surface area contributed by atoms with E-state index in [-0.39, 0.29) is 12.2 Å². The van der Waals surface area contributed by atoms with Gasteiger partial charge in [-0.05, 0) is 43.0 Å². The molecule has 8 heteroatoms. The molecule has 2 aliphatic rings. The van der Waals surface area contributed by atoms with E-state index in [4.69, 9.17) is 21.1 Å². The van der Waals surface area contributed by atoms with Crippen LogP contribution in [0.4, 0.5) is 10.1 Å². The first-order valence-corrected chi connectivity index (χ1v) is 11.1. The third kappa shape index (κ3) is 5.80.